The number of nitrogens with one attached hydrogen (secondary N) is 5. The second-order valence-electron chi connectivity index (χ2n) is 30.4. The Kier molecular flexibility index (Phi) is 26.8. The SMILES string of the molecule is C=NC1=c2cc/c(=c3\nc(-c4ccc(OCCN(C)C)cc4)[nH]c3=C3C=CNC=C3)cc2CC1.CC1=CN=C(c2cnc(CCCNc3ccc(C#N)cn3)nc2-c2ccc(C)cc2Cl)C1.CN=C1CCc2cc(-c3cn(CCO)nc3-c3ccncc3)ccc21.N#CC1=C(C2CCNCC2)C=C(c2c(O)cccc2OCC2CC2)CC1=N. The predicted octanol–water partition coefficient (Wildman–Crippen LogP) is 15.1. The fourth-order valence-electron chi connectivity index (χ4n) is 15.2. The number of likely N-dealkylation sites (N-methyl/N-ethyl adjacent to an activating group) is 1. The molecule has 1 saturated carbocycles. The molecule has 5 aromatic heterocycles. The summed E-state index contributed by atoms with van der Waals surface area (Å²) in [4.78, 5) is 41.7. The van der Waals surface area contributed by atoms with Gasteiger partial charge in [0.2, 0.25) is 0 Å². The molecule has 22 nitrogen and oxygen atoms in total. The number of aromatic nitrogens is 8. The zero-order valence-electron chi connectivity index (χ0n) is 67.3. The van der Waals surface area contributed by atoms with Crippen molar-refractivity contribution >= 4 is 58.1 Å². The van der Waals surface area contributed by atoms with E-state index in [0.29, 0.717) is 71.7 Å². The standard InChI is InChI=1S/C28H29N5O.C25H23ClN6.C22H25N3O2.C20H20N4O/c1-29-25-11-7-21-18-22(6-10-24(21)25)27-26(19-12-14-30-15-13-19)31-28(32-27)20-4-8-23(9-5-20)34-17-16-33(2)3;1-16-5-7-19(21(26)10-16)25-20(22-11-17(2)13-29-22)15-31-24(32-25)4-3-9-28-23-8-6-18(12-27)14-30-23;23-12-18-17(15-6-8-25-9-7-15)10-16(11-19(18)24)22-20(26)2-1-3-21(22)27-13-14-4-5-14;1-21-19-5-3-15-12-16(2-4-17(15)19)18-13-24(10-11-25)23-20(18)14-6-8-22-9-7-14/h4-6,8-10,12-15,18,30H,1,7,11,16-17H2,2-3H3,(H,31,32);5-8,10,13-15H,3-4,9,11H2,1-2H3,(H,28,30);1-3,10,14-15,24-26H,4-9,11,13H2;2,4,6-9,12-13,25H,3,5,10-11H2,1H3/b27-22+;;;. The number of nitriles is 2. The highest BCUT2D eigenvalue weighted by Crippen LogP contribution is 2.43. The van der Waals surface area contributed by atoms with Crippen LogP contribution in [0.4, 0.5) is 5.82 Å². The molecule has 0 atom stereocenters. The average molecular weight is 1590 g/mol. The Balaban J connectivity index is 0.000000130. The number of dihydropyridines is 1. The lowest BCUT2D eigenvalue weighted by Gasteiger charge is -2.28. The molecule has 7 aliphatic rings. The van der Waals surface area contributed by atoms with Gasteiger partial charge >= 0.3 is 0 Å². The van der Waals surface area contributed by atoms with Gasteiger partial charge in [0.05, 0.1) is 69.3 Å². The number of aliphatic imine (C=N–C) groups is 3. The fraction of sp³-hybridized carbons (Fsp3) is 0.284. The smallest absolute Gasteiger partial charge is 0.138 e. The number of hydrogen-bond acceptors (Lipinski definition) is 20. The minimum Gasteiger partial charge on any atom is -0.507 e. The molecule has 1 saturated heterocycles. The number of aromatic hydroxyl groups is 1. The Labute approximate surface area is 692 Å². The van der Waals surface area contributed by atoms with Gasteiger partial charge in [0.25, 0.3) is 0 Å². The van der Waals surface area contributed by atoms with E-state index < -0.39 is 0 Å². The number of fused-ring (bicyclic) bond motifs is 2. The first kappa shape index (κ1) is 81.7. The first-order valence-electron chi connectivity index (χ1n) is 40.2. The number of halogens is 1. The zero-order valence-corrected chi connectivity index (χ0v) is 68.1. The van der Waals surface area contributed by atoms with E-state index >= 15 is 0 Å². The van der Waals surface area contributed by atoms with Crippen LogP contribution < -0.4 is 36.0 Å². The number of allylic oxidation sites excluding steroid dienone is 7. The molecule has 0 spiro atoms. The molecule has 10 aromatic rings. The van der Waals surface area contributed by atoms with Crippen LogP contribution in [-0.4, -0.2) is 146 Å². The van der Waals surface area contributed by atoms with Crippen LogP contribution in [0.3, 0.4) is 0 Å². The summed E-state index contributed by atoms with van der Waals surface area (Å²) in [6, 6.07) is 44.3. The molecule has 0 bridgehead atoms. The molecule has 0 amide bonds. The predicted molar refractivity (Wildman–Crippen MR) is 469 cm³/mol. The molecule has 5 aromatic carbocycles. The molecule has 23 heteroatoms. The van der Waals surface area contributed by atoms with Crippen molar-refractivity contribution in [1.82, 2.24) is 55.2 Å². The lowest BCUT2D eigenvalue weighted by Crippen LogP contribution is -2.29. The van der Waals surface area contributed by atoms with Gasteiger partial charge in [-0.05, 0) is 252 Å². The molecule has 7 N–H and O–H groups in total. The number of rotatable bonds is 22. The van der Waals surface area contributed by atoms with Gasteiger partial charge in [0, 0.05) is 139 Å². The number of aliphatic hydroxyl groups is 1. The number of phenolic OH excluding ortho intramolecular Hbond substituents is 1. The fourth-order valence-corrected chi connectivity index (χ4v) is 15.6. The van der Waals surface area contributed by atoms with Crippen LogP contribution in [0.2, 0.25) is 5.02 Å². The second kappa shape index (κ2) is 38.7. The quantitative estimate of drug-likeness (QED) is 0.0245. The topological polar surface area (TPSA) is 305 Å². The Morgan fingerprint density at radius 3 is 2.31 bits per heavy atom. The van der Waals surface area contributed by atoms with Crippen LogP contribution in [0.1, 0.15) is 109 Å². The van der Waals surface area contributed by atoms with E-state index in [9.17, 15) is 15.5 Å². The average Bonchev–Trinajstić information content (AvgIpc) is 1.51. The van der Waals surface area contributed by atoms with Crippen LogP contribution >= 0.6 is 11.6 Å². The summed E-state index contributed by atoms with van der Waals surface area (Å²) >= 11 is 6.59. The van der Waals surface area contributed by atoms with Crippen LogP contribution in [0.5, 0.6) is 17.2 Å². The van der Waals surface area contributed by atoms with E-state index in [1.165, 1.54) is 46.0 Å². The van der Waals surface area contributed by atoms with Gasteiger partial charge in [-0.2, -0.15) is 15.6 Å². The Morgan fingerprint density at radius 2 is 1.59 bits per heavy atom. The van der Waals surface area contributed by atoms with Crippen molar-refractivity contribution in [3.05, 3.63) is 277 Å². The van der Waals surface area contributed by atoms with Crippen molar-refractivity contribution in [1.29, 1.82) is 15.9 Å². The Hall–Kier alpha value is -12.8. The van der Waals surface area contributed by atoms with Gasteiger partial charge in [-0.25, -0.2) is 19.9 Å². The van der Waals surface area contributed by atoms with Gasteiger partial charge in [0.15, 0.2) is 0 Å². The van der Waals surface area contributed by atoms with Crippen molar-refractivity contribution in [3.63, 3.8) is 0 Å². The number of aliphatic hydroxyl groups excluding tert-OH is 1. The number of phenols is 1. The molecule has 2 fully saturated rings. The summed E-state index contributed by atoms with van der Waals surface area (Å²) < 4.78 is 13.7. The molecule has 4 aliphatic carbocycles. The second-order valence-corrected chi connectivity index (χ2v) is 30.8. The monoisotopic (exact) mass is 1590 g/mol. The number of nitrogens with zero attached hydrogens (tertiary/aromatic N) is 13. The number of H-pyrrole nitrogens is 1. The number of ether oxygens (including phenoxy) is 2. The van der Waals surface area contributed by atoms with Crippen molar-refractivity contribution in [2.75, 3.05) is 72.5 Å². The summed E-state index contributed by atoms with van der Waals surface area (Å²) in [6.45, 7) is 13.1. The Morgan fingerprint density at radius 1 is 0.797 bits per heavy atom. The maximum Gasteiger partial charge on any atom is 0.138 e. The van der Waals surface area contributed by atoms with Gasteiger partial charge in [-0.15, -0.1) is 0 Å². The molecule has 598 valence electrons. The lowest BCUT2D eigenvalue weighted by molar-refractivity contribution is 0.261. The van der Waals surface area contributed by atoms with E-state index in [0.717, 1.165) is 195 Å². The van der Waals surface area contributed by atoms with E-state index in [1.54, 1.807) is 47.5 Å². The summed E-state index contributed by atoms with van der Waals surface area (Å²) in [5.41, 5.74) is 22.2. The third-order valence-electron chi connectivity index (χ3n) is 21.7. The maximum atomic E-state index is 10.5. The number of piperidine rings is 1. The van der Waals surface area contributed by atoms with Crippen molar-refractivity contribution in [2.45, 2.75) is 97.4 Å². The molecule has 17 rings (SSSR count). The Bertz CT molecular complexity index is 5940. The van der Waals surface area contributed by atoms with E-state index in [-0.39, 0.29) is 18.3 Å². The van der Waals surface area contributed by atoms with Crippen LogP contribution in [0.25, 0.3) is 61.9 Å². The molecular formula is C95H97ClN18O4. The van der Waals surface area contributed by atoms with Crippen LogP contribution in [0, 0.1) is 57.4 Å². The van der Waals surface area contributed by atoms with Crippen LogP contribution in [-0.2, 0) is 25.8 Å². The number of aryl methyl sites for hydroxylation is 4. The molecule has 8 heterocycles. The summed E-state index contributed by atoms with van der Waals surface area (Å²) in [6.07, 6.45) is 31.9. The van der Waals surface area contributed by atoms with E-state index in [1.807, 2.05) is 114 Å². The minimum atomic E-state index is 0.0669. The maximum absolute atomic E-state index is 10.5. The van der Waals surface area contributed by atoms with E-state index in [4.69, 9.17) is 41.7 Å². The van der Waals surface area contributed by atoms with E-state index in [2.05, 4.69) is 147 Å². The highest BCUT2D eigenvalue weighted by atomic mass is 35.5. The largest absolute Gasteiger partial charge is 0.507 e. The van der Waals surface area contributed by atoms with Gasteiger partial charge < -0.3 is 50.9 Å². The van der Waals surface area contributed by atoms with Crippen LogP contribution in [0.15, 0.2) is 221 Å². The number of hydrogen-bond donors (Lipinski definition) is 7. The van der Waals surface area contributed by atoms with Gasteiger partial charge in [0.1, 0.15) is 59.2 Å². The zero-order chi connectivity index (χ0) is 82.0. The van der Waals surface area contributed by atoms with Gasteiger partial charge in [-0.3, -0.25) is 24.6 Å². The van der Waals surface area contributed by atoms with Gasteiger partial charge in [-0.1, -0.05) is 66.2 Å². The molecule has 0 radical (unpaired) electrons. The van der Waals surface area contributed by atoms with Crippen molar-refractivity contribution in [2.24, 2.45) is 26.8 Å². The third kappa shape index (κ3) is 20.0. The van der Waals surface area contributed by atoms with Crippen molar-refractivity contribution < 1.29 is 19.7 Å². The number of anilines is 1. The number of imidazole rings is 1. The summed E-state index contributed by atoms with van der Waals surface area (Å²) in [5, 5.41) is 66.0. The molecule has 0 unspecified atom stereocenters. The highest BCUT2D eigenvalue weighted by molar-refractivity contribution is 6.33. The highest BCUT2D eigenvalue weighted by Gasteiger charge is 2.30. The number of benzene rings is 5. The third-order valence-corrected chi connectivity index (χ3v) is 22.0. The normalized spacial score (nSPS) is 15.9. The first-order chi connectivity index (χ1) is 57.6. The minimum absolute atomic E-state index is 0.0669. The lowest BCUT2D eigenvalue weighted by atomic mass is 9.79. The summed E-state index contributed by atoms with van der Waals surface area (Å²) in [7, 11) is 5.94. The number of pyridine rings is 2. The summed E-state index contributed by atoms with van der Waals surface area (Å²) in [5.74, 6) is 4.94. The molecule has 118 heavy (non-hydrogen) atoms. The molecule has 3 aliphatic heterocycles. The first-order valence-corrected chi connectivity index (χ1v) is 40.6. The molecular weight excluding hydrogens is 1490 g/mol. The van der Waals surface area contributed by atoms with Crippen molar-refractivity contribution in [3.8, 4) is 74.4 Å². The number of aromatic amines is 1.